The zero-order chi connectivity index (χ0) is 15.6. The van der Waals surface area contributed by atoms with Gasteiger partial charge in [0.05, 0.1) is 5.69 Å². The third-order valence-corrected chi connectivity index (χ3v) is 4.51. The van der Waals surface area contributed by atoms with Crippen LogP contribution in [0.1, 0.15) is 50.4 Å². The van der Waals surface area contributed by atoms with Crippen molar-refractivity contribution in [3.8, 4) is 5.75 Å². The van der Waals surface area contributed by atoms with E-state index < -0.39 is 5.97 Å². The molecule has 0 amide bonds. The fourth-order valence-corrected chi connectivity index (χ4v) is 3.26. The van der Waals surface area contributed by atoms with E-state index in [0.717, 1.165) is 12.8 Å². The number of para-hydroxylation sites is 1. The lowest BCUT2D eigenvalue weighted by molar-refractivity contribution is 0.0442. The number of hydrogen-bond donors (Lipinski definition) is 2. The molecule has 3 N–H and O–H groups in total. The highest BCUT2D eigenvalue weighted by atomic mass is 16.5. The summed E-state index contributed by atoms with van der Waals surface area (Å²) in [5.41, 5.74) is 6.49. The smallest absolute Gasteiger partial charge is 0.339 e. The van der Waals surface area contributed by atoms with Gasteiger partial charge in [0.15, 0.2) is 5.75 Å². The zero-order valence-electron chi connectivity index (χ0n) is 13.0. The molecule has 1 aromatic carbocycles. The van der Waals surface area contributed by atoms with E-state index in [4.69, 9.17) is 10.5 Å². The highest BCUT2D eigenvalue weighted by molar-refractivity contribution is 5.93. The summed E-state index contributed by atoms with van der Waals surface area (Å²) in [5, 5.41) is 9.31. The Morgan fingerprint density at radius 1 is 1.38 bits per heavy atom. The first-order valence-corrected chi connectivity index (χ1v) is 7.68. The Morgan fingerprint density at radius 2 is 2.10 bits per heavy atom. The first-order valence-electron chi connectivity index (χ1n) is 7.68. The number of benzene rings is 1. The van der Waals surface area contributed by atoms with Crippen LogP contribution >= 0.6 is 0 Å². The molecule has 4 nitrogen and oxygen atoms in total. The van der Waals surface area contributed by atoms with Crippen LogP contribution in [0.5, 0.6) is 5.75 Å². The molecule has 1 aliphatic carbocycles. The van der Waals surface area contributed by atoms with Crippen LogP contribution in [-0.4, -0.2) is 17.2 Å². The standard InChI is InChI=1S/C17H25NO3/c1-10(2)12-8-7-11(3)9-15(12)21-16-13(17(19)20)5-4-6-14(16)18/h4-6,10-12,15H,7-9,18H2,1-3H3,(H,19,20). The lowest BCUT2D eigenvalue weighted by atomic mass is 9.75. The monoisotopic (exact) mass is 291 g/mol. The molecule has 3 unspecified atom stereocenters. The van der Waals surface area contributed by atoms with Crippen LogP contribution in [0.3, 0.4) is 0 Å². The Balaban J connectivity index is 2.28. The van der Waals surface area contributed by atoms with Gasteiger partial charge in [0.2, 0.25) is 0 Å². The van der Waals surface area contributed by atoms with Gasteiger partial charge in [-0.3, -0.25) is 0 Å². The van der Waals surface area contributed by atoms with E-state index in [1.165, 1.54) is 6.42 Å². The van der Waals surface area contributed by atoms with E-state index in [-0.39, 0.29) is 11.7 Å². The van der Waals surface area contributed by atoms with Crippen molar-refractivity contribution in [2.24, 2.45) is 17.8 Å². The third-order valence-electron chi connectivity index (χ3n) is 4.51. The van der Waals surface area contributed by atoms with Crippen molar-refractivity contribution in [3.05, 3.63) is 23.8 Å². The molecule has 0 saturated heterocycles. The van der Waals surface area contributed by atoms with Gasteiger partial charge in [0.25, 0.3) is 0 Å². The average Bonchev–Trinajstić information content (AvgIpc) is 2.40. The number of carboxylic acids is 1. The van der Waals surface area contributed by atoms with Crippen molar-refractivity contribution < 1.29 is 14.6 Å². The summed E-state index contributed by atoms with van der Waals surface area (Å²) in [6, 6.07) is 4.89. The normalized spacial score (nSPS) is 25.8. The Hall–Kier alpha value is -1.71. The summed E-state index contributed by atoms with van der Waals surface area (Å²) in [6.45, 7) is 6.62. The van der Waals surface area contributed by atoms with E-state index >= 15 is 0 Å². The quantitative estimate of drug-likeness (QED) is 0.827. The van der Waals surface area contributed by atoms with Crippen molar-refractivity contribution >= 4 is 11.7 Å². The number of carboxylic acid groups (broad SMARTS) is 1. The maximum atomic E-state index is 11.4. The predicted octanol–water partition coefficient (Wildman–Crippen LogP) is 3.81. The van der Waals surface area contributed by atoms with Gasteiger partial charge in [-0.05, 0) is 42.7 Å². The minimum atomic E-state index is -0.998. The second kappa shape index (κ2) is 6.37. The number of ether oxygens (including phenoxy) is 1. The number of hydrogen-bond acceptors (Lipinski definition) is 3. The summed E-state index contributed by atoms with van der Waals surface area (Å²) in [5.74, 6) is 0.892. The number of anilines is 1. The largest absolute Gasteiger partial charge is 0.487 e. The minimum Gasteiger partial charge on any atom is -0.487 e. The molecule has 1 aliphatic rings. The van der Waals surface area contributed by atoms with Crippen molar-refractivity contribution in [2.45, 2.75) is 46.1 Å². The van der Waals surface area contributed by atoms with Gasteiger partial charge in [0.1, 0.15) is 11.7 Å². The van der Waals surface area contributed by atoms with Crippen LogP contribution < -0.4 is 10.5 Å². The Kier molecular flexibility index (Phi) is 4.76. The van der Waals surface area contributed by atoms with Crippen LogP contribution in [0, 0.1) is 17.8 Å². The molecule has 0 heterocycles. The van der Waals surface area contributed by atoms with Gasteiger partial charge < -0.3 is 15.6 Å². The molecule has 0 aliphatic heterocycles. The SMILES string of the molecule is CC1CCC(C(C)C)C(Oc2c(N)cccc2C(=O)O)C1. The van der Waals surface area contributed by atoms with Gasteiger partial charge in [-0.2, -0.15) is 0 Å². The molecular weight excluding hydrogens is 266 g/mol. The van der Waals surface area contributed by atoms with Crippen LogP contribution in [0.2, 0.25) is 0 Å². The number of rotatable bonds is 4. The van der Waals surface area contributed by atoms with Gasteiger partial charge >= 0.3 is 5.97 Å². The molecule has 0 bridgehead atoms. The fourth-order valence-electron chi connectivity index (χ4n) is 3.26. The van der Waals surface area contributed by atoms with Crippen LogP contribution in [0.15, 0.2) is 18.2 Å². The highest BCUT2D eigenvalue weighted by Crippen LogP contribution is 2.38. The molecular formula is C17H25NO3. The number of carbonyl (C=O) groups is 1. The first kappa shape index (κ1) is 15.7. The highest BCUT2D eigenvalue weighted by Gasteiger charge is 2.33. The summed E-state index contributed by atoms with van der Waals surface area (Å²) in [6.07, 6.45) is 3.32. The summed E-state index contributed by atoms with van der Waals surface area (Å²) in [4.78, 5) is 11.4. The van der Waals surface area contributed by atoms with E-state index in [0.29, 0.717) is 29.2 Å². The van der Waals surface area contributed by atoms with Gasteiger partial charge in [0, 0.05) is 0 Å². The maximum Gasteiger partial charge on any atom is 0.339 e. The van der Waals surface area contributed by atoms with E-state index in [1.807, 2.05) is 0 Å². The molecule has 1 fully saturated rings. The average molecular weight is 291 g/mol. The van der Waals surface area contributed by atoms with Crippen LogP contribution in [0.4, 0.5) is 5.69 Å². The molecule has 0 aromatic heterocycles. The molecule has 1 saturated carbocycles. The minimum absolute atomic E-state index is 0.0385. The summed E-state index contributed by atoms with van der Waals surface area (Å²) < 4.78 is 6.12. The Bertz CT molecular complexity index is 513. The van der Waals surface area contributed by atoms with Crippen LogP contribution in [0.25, 0.3) is 0 Å². The maximum absolute atomic E-state index is 11.4. The first-order chi connectivity index (χ1) is 9.90. The van der Waals surface area contributed by atoms with E-state index in [1.54, 1.807) is 18.2 Å². The van der Waals surface area contributed by atoms with Gasteiger partial charge in [-0.25, -0.2) is 4.79 Å². The second-order valence-corrected chi connectivity index (χ2v) is 6.51. The molecule has 1 aromatic rings. The Labute approximate surface area is 126 Å². The lowest BCUT2D eigenvalue weighted by Crippen LogP contribution is -2.36. The number of nitrogens with two attached hydrogens (primary N) is 1. The summed E-state index contributed by atoms with van der Waals surface area (Å²) in [7, 11) is 0. The van der Waals surface area contributed by atoms with Crippen molar-refractivity contribution in [2.75, 3.05) is 5.73 Å². The topological polar surface area (TPSA) is 72.5 Å². The van der Waals surface area contributed by atoms with Crippen molar-refractivity contribution in [1.29, 1.82) is 0 Å². The molecule has 0 radical (unpaired) electrons. The third kappa shape index (κ3) is 3.49. The second-order valence-electron chi connectivity index (χ2n) is 6.51. The zero-order valence-corrected chi connectivity index (χ0v) is 13.0. The molecule has 116 valence electrons. The van der Waals surface area contributed by atoms with Gasteiger partial charge in [-0.15, -0.1) is 0 Å². The van der Waals surface area contributed by atoms with E-state index in [2.05, 4.69) is 20.8 Å². The predicted molar refractivity (Wildman–Crippen MR) is 83.6 cm³/mol. The number of aromatic carboxylic acids is 1. The molecule has 0 spiro atoms. The molecule has 4 heteroatoms. The molecule has 21 heavy (non-hydrogen) atoms. The van der Waals surface area contributed by atoms with Crippen molar-refractivity contribution in [1.82, 2.24) is 0 Å². The molecule has 2 rings (SSSR count). The fraction of sp³-hybridized carbons (Fsp3) is 0.588. The lowest BCUT2D eigenvalue weighted by Gasteiger charge is -2.37. The Morgan fingerprint density at radius 3 is 2.71 bits per heavy atom. The van der Waals surface area contributed by atoms with Gasteiger partial charge in [-0.1, -0.05) is 33.3 Å². The molecule has 3 atom stereocenters. The van der Waals surface area contributed by atoms with Crippen LogP contribution in [-0.2, 0) is 0 Å². The van der Waals surface area contributed by atoms with E-state index in [9.17, 15) is 9.90 Å². The van der Waals surface area contributed by atoms with Crippen molar-refractivity contribution in [3.63, 3.8) is 0 Å². The number of nitrogen functional groups attached to an aromatic ring is 1. The summed E-state index contributed by atoms with van der Waals surface area (Å²) >= 11 is 0.